The number of hydrogen-bond donors (Lipinski definition) is 0. The lowest BCUT2D eigenvalue weighted by atomic mass is 10.1. The van der Waals surface area contributed by atoms with Crippen molar-refractivity contribution in [1.82, 2.24) is 19.7 Å². The normalized spacial score (nSPS) is 28.7. The van der Waals surface area contributed by atoms with Crippen LogP contribution in [0.4, 0.5) is 0 Å². The molecule has 1 saturated heterocycles. The molecular formula is C15H24N4O2. The monoisotopic (exact) mass is 292 g/mol. The van der Waals surface area contributed by atoms with E-state index < -0.39 is 0 Å². The van der Waals surface area contributed by atoms with Gasteiger partial charge in [0, 0.05) is 19.7 Å². The molecule has 6 heteroatoms. The molecule has 2 fully saturated rings. The quantitative estimate of drug-likeness (QED) is 0.843. The number of nitrogens with zero attached hydrogens (tertiary/aromatic N) is 4. The van der Waals surface area contributed by atoms with E-state index >= 15 is 0 Å². The molecule has 0 N–H and O–H groups in total. The Labute approximate surface area is 125 Å². The lowest BCUT2D eigenvalue weighted by Crippen LogP contribution is -2.42. The van der Waals surface area contributed by atoms with Crippen molar-refractivity contribution >= 4 is 5.91 Å². The van der Waals surface area contributed by atoms with Crippen LogP contribution in [0.5, 0.6) is 0 Å². The van der Waals surface area contributed by atoms with Crippen molar-refractivity contribution in [2.24, 2.45) is 5.92 Å². The fourth-order valence-corrected chi connectivity index (χ4v) is 3.30. The minimum atomic E-state index is 0.0854. The zero-order valence-corrected chi connectivity index (χ0v) is 13.1. The van der Waals surface area contributed by atoms with Crippen molar-refractivity contribution in [3.8, 4) is 0 Å². The summed E-state index contributed by atoms with van der Waals surface area (Å²) in [5, 5.41) is 4.48. The van der Waals surface area contributed by atoms with E-state index in [1.54, 1.807) is 0 Å². The van der Waals surface area contributed by atoms with Gasteiger partial charge in [0.25, 0.3) is 0 Å². The van der Waals surface area contributed by atoms with Crippen LogP contribution in [0.3, 0.4) is 0 Å². The van der Waals surface area contributed by atoms with E-state index in [0.29, 0.717) is 6.61 Å². The molecule has 1 aliphatic carbocycles. The maximum absolute atomic E-state index is 12.5. The molecule has 0 radical (unpaired) electrons. The van der Waals surface area contributed by atoms with Gasteiger partial charge in [-0.2, -0.15) is 5.10 Å². The first-order valence-corrected chi connectivity index (χ1v) is 7.90. The lowest BCUT2D eigenvalue weighted by Gasteiger charge is -2.33. The Kier molecular flexibility index (Phi) is 3.97. The van der Waals surface area contributed by atoms with Gasteiger partial charge in [0.05, 0.1) is 18.1 Å². The highest BCUT2D eigenvalue weighted by molar-refractivity contribution is 5.82. The fourth-order valence-electron chi connectivity index (χ4n) is 3.30. The summed E-state index contributed by atoms with van der Waals surface area (Å²) < 4.78 is 7.52. The average molecular weight is 292 g/mol. The molecule has 21 heavy (non-hydrogen) atoms. The maximum Gasteiger partial charge on any atom is 0.228 e. The number of amides is 1. The summed E-state index contributed by atoms with van der Waals surface area (Å²) in [5.74, 6) is 2.08. The zero-order chi connectivity index (χ0) is 15.0. The van der Waals surface area contributed by atoms with Gasteiger partial charge in [-0.3, -0.25) is 4.79 Å². The molecule has 0 bridgehead atoms. The van der Waals surface area contributed by atoms with Crippen molar-refractivity contribution in [1.29, 1.82) is 0 Å². The molecule has 1 aromatic heterocycles. The number of ether oxygens (including phenoxy) is 1. The molecular weight excluding hydrogens is 268 g/mol. The van der Waals surface area contributed by atoms with Crippen LogP contribution >= 0.6 is 0 Å². The van der Waals surface area contributed by atoms with Gasteiger partial charge in [0.15, 0.2) is 0 Å². The fraction of sp³-hybridized carbons (Fsp3) is 0.800. The largest absolute Gasteiger partial charge is 0.378 e. The number of hydrogen-bond acceptors (Lipinski definition) is 4. The van der Waals surface area contributed by atoms with Gasteiger partial charge in [-0.25, -0.2) is 9.67 Å². The molecule has 2 aliphatic rings. The summed E-state index contributed by atoms with van der Waals surface area (Å²) in [7, 11) is 0. The number of rotatable bonds is 4. The van der Waals surface area contributed by atoms with E-state index in [4.69, 9.17) is 4.74 Å². The van der Waals surface area contributed by atoms with Gasteiger partial charge in [0.2, 0.25) is 5.91 Å². The van der Waals surface area contributed by atoms with E-state index in [2.05, 4.69) is 10.1 Å². The molecule has 2 heterocycles. The molecule has 1 amide bonds. The zero-order valence-electron chi connectivity index (χ0n) is 13.1. The molecule has 1 aromatic rings. The second kappa shape index (κ2) is 5.75. The first kappa shape index (κ1) is 14.5. The van der Waals surface area contributed by atoms with Crippen LogP contribution in [0, 0.1) is 19.8 Å². The summed E-state index contributed by atoms with van der Waals surface area (Å²) >= 11 is 0. The predicted octanol–water partition coefficient (Wildman–Crippen LogP) is 1.48. The summed E-state index contributed by atoms with van der Waals surface area (Å²) in [6, 6.07) is 0.258. The van der Waals surface area contributed by atoms with Gasteiger partial charge in [-0.1, -0.05) is 0 Å². The van der Waals surface area contributed by atoms with Crippen LogP contribution in [-0.2, 0) is 9.53 Å². The molecule has 0 aromatic carbocycles. The number of aromatic nitrogens is 3. The third-order valence-electron chi connectivity index (χ3n) is 4.39. The standard InChI is InChI=1S/C15H24N4O2/c1-4-21-14-8-13(14)15(20)18-7-5-6-12(9-18)19-11(3)16-10(2)17-19/h12-14H,4-9H2,1-3H3/t12-,13+,14+/m0/s1. The number of aryl methyl sites for hydroxylation is 2. The van der Waals surface area contributed by atoms with Crippen molar-refractivity contribution in [3.05, 3.63) is 11.6 Å². The highest BCUT2D eigenvalue weighted by Gasteiger charge is 2.46. The van der Waals surface area contributed by atoms with Crippen LogP contribution in [0.1, 0.15) is 43.9 Å². The molecule has 1 saturated carbocycles. The number of piperidine rings is 1. The Morgan fingerprint density at radius 3 is 2.90 bits per heavy atom. The Morgan fingerprint density at radius 1 is 1.43 bits per heavy atom. The molecule has 1 aliphatic heterocycles. The minimum absolute atomic E-state index is 0.0854. The van der Waals surface area contributed by atoms with Crippen LogP contribution < -0.4 is 0 Å². The van der Waals surface area contributed by atoms with Gasteiger partial charge in [-0.15, -0.1) is 0 Å². The van der Waals surface area contributed by atoms with E-state index in [9.17, 15) is 4.79 Å². The predicted molar refractivity (Wildman–Crippen MR) is 77.9 cm³/mol. The molecule has 0 unspecified atom stereocenters. The molecule has 3 rings (SSSR count). The van der Waals surface area contributed by atoms with E-state index in [1.807, 2.05) is 30.4 Å². The van der Waals surface area contributed by atoms with Crippen LogP contribution in [0.25, 0.3) is 0 Å². The lowest BCUT2D eigenvalue weighted by molar-refractivity contribution is -0.135. The van der Waals surface area contributed by atoms with Crippen molar-refractivity contribution in [3.63, 3.8) is 0 Å². The van der Waals surface area contributed by atoms with Crippen molar-refractivity contribution in [2.75, 3.05) is 19.7 Å². The molecule has 116 valence electrons. The third kappa shape index (κ3) is 2.95. The number of likely N-dealkylation sites (tertiary alicyclic amines) is 1. The molecule has 3 atom stereocenters. The Morgan fingerprint density at radius 2 is 2.24 bits per heavy atom. The number of carbonyl (C=O) groups is 1. The van der Waals surface area contributed by atoms with Gasteiger partial charge in [-0.05, 0) is 40.0 Å². The Bertz CT molecular complexity index is 528. The van der Waals surface area contributed by atoms with Gasteiger partial charge >= 0.3 is 0 Å². The van der Waals surface area contributed by atoms with E-state index in [1.165, 1.54) is 0 Å². The topological polar surface area (TPSA) is 60.2 Å². The summed E-state index contributed by atoms with van der Waals surface area (Å²) in [6.45, 7) is 8.16. The van der Waals surface area contributed by atoms with Crippen LogP contribution in [-0.4, -0.2) is 51.4 Å². The highest BCUT2D eigenvalue weighted by atomic mass is 16.5. The van der Waals surface area contributed by atoms with E-state index in [-0.39, 0.29) is 24.0 Å². The molecule has 0 spiro atoms. The highest BCUT2D eigenvalue weighted by Crippen LogP contribution is 2.36. The first-order chi connectivity index (χ1) is 10.1. The summed E-state index contributed by atoms with van der Waals surface area (Å²) in [5.41, 5.74) is 0. The van der Waals surface area contributed by atoms with Gasteiger partial charge in [0.1, 0.15) is 11.6 Å². The number of carbonyl (C=O) groups excluding carboxylic acids is 1. The maximum atomic E-state index is 12.5. The van der Waals surface area contributed by atoms with Crippen LogP contribution in [0.2, 0.25) is 0 Å². The Hall–Kier alpha value is -1.43. The first-order valence-electron chi connectivity index (χ1n) is 7.90. The van der Waals surface area contributed by atoms with Crippen molar-refractivity contribution < 1.29 is 9.53 Å². The molecule has 6 nitrogen and oxygen atoms in total. The van der Waals surface area contributed by atoms with Crippen LogP contribution in [0.15, 0.2) is 0 Å². The van der Waals surface area contributed by atoms with E-state index in [0.717, 1.165) is 44.0 Å². The Balaban J connectivity index is 1.64. The second-order valence-electron chi connectivity index (χ2n) is 6.07. The summed E-state index contributed by atoms with van der Waals surface area (Å²) in [4.78, 5) is 18.9. The SMILES string of the molecule is CCO[C@@H]1C[C@H]1C(=O)N1CCC[C@H](n2nc(C)nc2C)C1. The smallest absolute Gasteiger partial charge is 0.228 e. The average Bonchev–Trinajstić information content (AvgIpc) is 3.15. The summed E-state index contributed by atoms with van der Waals surface area (Å²) in [6.07, 6.45) is 3.13. The third-order valence-corrected chi connectivity index (χ3v) is 4.39. The van der Waals surface area contributed by atoms with Gasteiger partial charge < -0.3 is 9.64 Å². The second-order valence-corrected chi connectivity index (χ2v) is 6.07. The minimum Gasteiger partial charge on any atom is -0.378 e. The van der Waals surface area contributed by atoms with Crippen molar-refractivity contribution in [2.45, 2.75) is 52.2 Å².